The molecule has 86 valence electrons. The van der Waals surface area contributed by atoms with E-state index in [1.54, 1.807) is 6.07 Å². The molecule has 0 unspecified atom stereocenters. The smallest absolute Gasteiger partial charge is 0.123 e. The fourth-order valence-corrected chi connectivity index (χ4v) is 2.17. The average Bonchev–Trinajstić information content (AvgIpc) is 2.41. The molecule has 2 heterocycles. The Morgan fingerprint density at radius 2 is 2.12 bits per heavy atom. The average molecular weight is 241 g/mol. The molecule has 0 bridgehead atoms. The van der Waals surface area contributed by atoms with Crippen molar-refractivity contribution in [2.45, 2.75) is 13.0 Å². The number of benzene rings is 1. The van der Waals surface area contributed by atoms with E-state index in [9.17, 15) is 4.39 Å². The van der Waals surface area contributed by atoms with E-state index in [4.69, 9.17) is 0 Å². The Balaban J connectivity index is 0.000000963. The molecule has 1 saturated heterocycles. The number of nitrogens with zero attached hydrogens (tertiary/aromatic N) is 1. The Morgan fingerprint density at radius 1 is 1.38 bits per heavy atom. The molecule has 1 aromatic carbocycles. The molecule has 0 radical (unpaired) electrons. The molecule has 1 aliphatic rings. The summed E-state index contributed by atoms with van der Waals surface area (Å²) in [7, 11) is 0. The van der Waals surface area contributed by atoms with Crippen LogP contribution in [0.3, 0.4) is 0 Å². The minimum Gasteiger partial charge on any atom is -0.342 e. The Kier molecular flexibility index (Phi) is 2.91. The van der Waals surface area contributed by atoms with Crippen LogP contribution < -0.4 is 5.32 Å². The van der Waals surface area contributed by atoms with Gasteiger partial charge in [0.2, 0.25) is 0 Å². The predicted octanol–water partition coefficient (Wildman–Crippen LogP) is 2.65. The van der Waals surface area contributed by atoms with E-state index in [0.717, 1.165) is 29.6 Å². The van der Waals surface area contributed by atoms with Crippen LogP contribution in [0.1, 0.15) is 11.6 Å². The zero-order chi connectivity index (χ0) is 10.4. The summed E-state index contributed by atoms with van der Waals surface area (Å²) in [6, 6.07) is 5.56. The summed E-state index contributed by atoms with van der Waals surface area (Å²) >= 11 is 0. The highest BCUT2D eigenvalue weighted by Gasteiger charge is 2.20. The topological polar surface area (TPSA) is 17.0 Å². The van der Waals surface area contributed by atoms with Gasteiger partial charge in [-0.1, -0.05) is 0 Å². The second-order valence-electron chi connectivity index (χ2n) is 4.19. The van der Waals surface area contributed by atoms with Crippen LogP contribution in [0.15, 0.2) is 24.4 Å². The summed E-state index contributed by atoms with van der Waals surface area (Å²) in [6.07, 6.45) is 2.12. The quantitative estimate of drug-likeness (QED) is 0.811. The maximum atomic E-state index is 13.1. The van der Waals surface area contributed by atoms with Gasteiger partial charge in [0.15, 0.2) is 0 Å². The number of hydrogen-bond acceptors (Lipinski definition) is 1. The van der Waals surface area contributed by atoms with Crippen LogP contribution in [-0.2, 0) is 0 Å². The van der Waals surface area contributed by atoms with E-state index in [2.05, 4.69) is 16.1 Å². The van der Waals surface area contributed by atoms with Crippen molar-refractivity contribution >= 4 is 23.3 Å². The lowest BCUT2D eigenvalue weighted by molar-refractivity contribution is 0.351. The molecule has 1 aliphatic heterocycles. The lowest BCUT2D eigenvalue weighted by Crippen LogP contribution is -2.43. The molecule has 0 aliphatic carbocycles. The first-order valence-electron chi connectivity index (χ1n) is 5.23. The van der Waals surface area contributed by atoms with Crippen molar-refractivity contribution in [3.63, 3.8) is 0 Å². The maximum Gasteiger partial charge on any atom is 0.123 e. The fourth-order valence-electron chi connectivity index (χ4n) is 2.17. The molecule has 2 nitrogen and oxygen atoms in total. The van der Waals surface area contributed by atoms with Gasteiger partial charge >= 0.3 is 0 Å². The van der Waals surface area contributed by atoms with Crippen LogP contribution in [-0.4, -0.2) is 17.7 Å². The van der Waals surface area contributed by atoms with Crippen molar-refractivity contribution < 1.29 is 4.39 Å². The lowest BCUT2D eigenvalue weighted by Gasteiger charge is -2.29. The third kappa shape index (κ3) is 1.60. The molecular weight excluding hydrogens is 227 g/mol. The van der Waals surface area contributed by atoms with E-state index in [1.165, 1.54) is 6.07 Å². The minimum absolute atomic E-state index is 0. The van der Waals surface area contributed by atoms with Gasteiger partial charge in [0.05, 0.1) is 6.04 Å². The van der Waals surface area contributed by atoms with Crippen molar-refractivity contribution in [2.75, 3.05) is 13.1 Å². The Bertz CT molecular complexity index is 517. The first-order valence-corrected chi connectivity index (χ1v) is 5.23. The van der Waals surface area contributed by atoms with Crippen molar-refractivity contribution in [1.29, 1.82) is 0 Å². The number of nitrogens with one attached hydrogen (secondary N) is 1. The van der Waals surface area contributed by atoms with E-state index >= 15 is 0 Å². The molecule has 0 amide bonds. The van der Waals surface area contributed by atoms with Gasteiger partial charge in [-0.05, 0) is 30.7 Å². The van der Waals surface area contributed by atoms with Gasteiger partial charge in [-0.25, -0.2) is 4.39 Å². The second kappa shape index (κ2) is 4.07. The first kappa shape index (κ1) is 11.4. The molecule has 1 N–H and O–H groups in total. The fraction of sp³-hybridized carbons (Fsp3) is 0.333. The zero-order valence-corrected chi connectivity index (χ0v) is 9.85. The molecule has 0 spiro atoms. The monoisotopic (exact) mass is 240 g/mol. The van der Waals surface area contributed by atoms with Crippen molar-refractivity contribution in [3.05, 3.63) is 35.8 Å². The van der Waals surface area contributed by atoms with Gasteiger partial charge in [0.25, 0.3) is 0 Å². The minimum atomic E-state index is -0.157. The number of aryl methyl sites for hydroxylation is 1. The second-order valence-corrected chi connectivity index (χ2v) is 4.19. The van der Waals surface area contributed by atoms with Crippen LogP contribution in [0, 0.1) is 12.7 Å². The summed E-state index contributed by atoms with van der Waals surface area (Å²) in [5.41, 5.74) is 2.29. The number of hydrogen-bond donors (Lipinski definition) is 1. The summed E-state index contributed by atoms with van der Waals surface area (Å²) < 4.78 is 15.4. The Hall–Kier alpha value is -1.06. The van der Waals surface area contributed by atoms with Gasteiger partial charge < -0.3 is 9.88 Å². The van der Waals surface area contributed by atoms with Crippen molar-refractivity contribution in [1.82, 2.24) is 9.88 Å². The van der Waals surface area contributed by atoms with E-state index in [1.807, 2.05) is 13.0 Å². The van der Waals surface area contributed by atoms with Crippen LogP contribution in [0.2, 0.25) is 0 Å². The number of rotatable bonds is 1. The van der Waals surface area contributed by atoms with Crippen LogP contribution in [0.5, 0.6) is 0 Å². The molecule has 2 aromatic rings. The highest BCUT2D eigenvalue weighted by atomic mass is 35.5. The summed E-state index contributed by atoms with van der Waals surface area (Å²) in [6.45, 7) is 4.06. The lowest BCUT2D eigenvalue weighted by atomic mass is 10.1. The predicted molar refractivity (Wildman–Crippen MR) is 65.8 cm³/mol. The zero-order valence-electron chi connectivity index (χ0n) is 9.03. The molecule has 0 saturated carbocycles. The van der Waals surface area contributed by atoms with Crippen molar-refractivity contribution in [3.8, 4) is 0 Å². The number of halogens is 2. The normalized spacial score (nSPS) is 15.9. The Morgan fingerprint density at radius 3 is 2.75 bits per heavy atom. The van der Waals surface area contributed by atoms with Crippen LogP contribution in [0.4, 0.5) is 4.39 Å². The highest BCUT2D eigenvalue weighted by molar-refractivity contribution is 5.85. The van der Waals surface area contributed by atoms with Crippen LogP contribution in [0.25, 0.3) is 10.9 Å². The maximum absolute atomic E-state index is 13.1. The first-order chi connectivity index (χ1) is 7.25. The molecule has 1 fully saturated rings. The highest BCUT2D eigenvalue weighted by Crippen LogP contribution is 2.26. The van der Waals surface area contributed by atoms with Crippen molar-refractivity contribution in [2.24, 2.45) is 0 Å². The van der Waals surface area contributed by atoms with Gasteiger partial charge in [0.1, 0.15) is 5.82 Å². The summed E-state index contributed by atoms with van der Waals surface area (Å²) in [5, 5.41) is 4.28. The SMILES string of the molecule is Cc1cn(C2CNC2)c2ccc(F)cc12.Cl. The number of fused-ring (bicyclic) bond motifs is 1. The standard InChI is InChI=1S/C12H13FN2.ClH/c1-8-7-15(10-5-14-6-10)12-3-2-9(13)4-11(8)12;/h2-4,7,10,14H,5-6H2,1H3;1H. The third-order valence-electron chi connectivity index (χ3n) is 3.15. The van der Waals surface area contributed by atoms with Gasteiger partial charge in [-0.2, -0.15) is 0 Å². The molecule has 3 rings (SSSR count). The molecule has 16 heavy (non-hydrogen) atoms. The molecule has 4 heteroatoms. The van der Waals surface area contributed by atoms with Crippen LogP contribution >= 0.6 is 12.4 Å². The molecule has 1 aromatic heterocycles. The third-order valence-corrected chi connectivity index (χ3v) is 3.15. The van der Waals surface area contributed by atoms with Gasteiger partial charge in [-0.15, -0.1) is 12.4 Å². The summed E-state index contributed by atoms with van der Waals surface area (Å²) in [5.74, 6) is -0.157. The van der Waals surface area contributed by atoms with E-state index in [0.29, 0.717) is 6.04 Å². The number of aromatic nitrogens is 1. The summed E-state index contributed by atoms with van der Waals surface area (Å²) in [4.78, 5) is 0. The van der Waals surface area contributed by atoms with E-state index < -0.39 is 0 Å². The van der Waals surface area contributed by atoms with Gasteiger partial charge in [0, 0.05) is 30.2 Å². The Labute approximate surface area is 99.9 Å². The van der Waals surface area contributed by atoms with Gasteiger partial charge in [-0.3, -0.25) is 0 Å². The molecule has 0 atom stereocenters. The largest absolute Gasteiger partial charge is 0.342 e. The molecular formula is C12H14ClFN2. The van der Waals surface area contributed by atoms with E-state index in [-0.39, 0.29) is 18.2 Å².